The zero-order chi connectivity index (χ0) is 12.3. The third-order valence-corrected chi connectivity index (χ3v) is 3.16. The molecule has 0 amide bonds. The highest BCUT2D eigenvalue weighted by Gasteiger charge is 2.11. The zero-order valence-corrected chi connectivity index (χ0v) is 9.74. The van der Waals surface area contributed by atoms with Gasteiger partial charge in [0.15, 0.2) is 0 Å². The number of hydrogen-bond acceptors (Lipinski definition) is 3. The lowest BCUT2D eigenvalue weighted by atomic mass is 10.0. The molecule has 0 radical (unpaired) electrons. The average molecular weight is 246 g/mol. The van der Waals surface area contributed by atoms with Crippen LogP contribution in [-0.4, -0.2) is 16.9 Å². The largest absolute Gasteiger partial charge is 0.481 e. The lowest BCUT2D eigenvalue weighted by Gasteiger charge is -2.01. The first kappa shape index (κ1) is 11.5. The Morgan fingerprint density at radius 2 is 2.00 bits per heavy atom. The predicted octanol–water partition coefficient (Wildman–Crippen LogP) is 2.61. The first-order valence-electron chi connectivity index (χ1n) is 5.06. The lowest BCUT2D eigenvalue weighted by Crippen LogP contribution is -2.03. The van der Waals surface area contributed by atoms with Crippen molar-refractivity contribution in [2.24, 2.45) is 0 Å². The summed E-state index contributed by atoms with van der Waals surface area (Å²) in [6, 6.07) is 10.3. The third-order valence-electron chi connectivity index (χ3n) is 2.29. The van der Waals surface area contributed by atoms with Gasteiger partial charge in [0.05, 0.1) is 11.3 Å². The number of benzene rings is 1. The van der Waals surface area contributed by atoms with Gasteiger partial charge < -0.3 is 5.11 Å². The number of carbonyl (C=O) groups is 2. The Labute approximate surface area is 102 Å². The molecule has 0 aliphatic carbocycles. The van der Waals surface area contributed by atoms with Crippen molar-refractivity contribution in [1.29, 1.82) is 0 Å². The quantitative estimate of drug-likeness (QED) is 0.844. The zero-order valence-electron chi connectivity index (χ0n) is 8.92. The smallest absolute Gasteiger partial charge is 0.307 e. The van der Waals surface area contributed by atoms with Crippen molar-refractivity contribution in [3.05, 3.63) is 57.8 Å². The van der Waals surface area contributed by atoms with Crippen molar-refractivity contribution in [3.63, 3.8) is 0 Å². The van der Waals surface area contributed by atoms with Crippen LogP contribution < -0.4 is 0 Å². The molecule has 0 saturated carbocycles. The molecule has 3 nitrogen and oxygen atoms in total. The number of rotatable bonds is 4. The van der Waals surface area contributed by atoms with Crippen LogP contribution in [0.1, 0.15) is 20.8 Å². The van der Waals surface area contributed by atoms with Gasteiger partial charge in [0.2, 0.25) is 5.78 Å². The van der Waals surface area contributed by atoms with Gasteiger partial charge in [-0.05, 0) is 23.1 Å². The summed E-state index contributed by atoms with van der Waals surface area (Å²) in [5, 5.41) is 10.5. The van der Waals surface area contributed by atoms with Crippen molar-refractivity contribution in [3.8, 4) is 0 Å². The number of hydrogen-bond donors (Lipinski definition) is 1. The molecule has 0 saturated heterocycles. The summed E-state index contributed by atoms with van der Waals surface area (Å²) in [6.45, 7) is 0. The molecule has 1 aromatic heterocycles. The van der Waals surface area contributed by atoms with E-state index in [0.717, 1.165) is 0 Å². The van der Waals surface area contributed by atoms with Crippen LogP contribution in [0.15, 0.2) is 41.8 Å². The molecule has 1 aromatic carbocycles. The molecule has 0 fully saturated rings. The Balaban J connectivity index is 2.27. The number of aliphatic carboxylic acids is 1. The normalized spacial score (nSPS) is 10.1. The molecule has 86 valence electrons. The van der Waals surface area contributed by atoms with Gasteiger partial charge in [-0.3, -0.25) is 9.59 Å². The van der Waals surface area contributed by atoms with Crippen LogP contribution in [0.5, 0.6) is 0 Å². The maximum absolute atomic E-state index is 12.0. The number of ketones is 1. The summed E-state index contributed by atoms with van der Waals surface area (Å²) in [5.74, 6) is -0.960. The van der Waals surface area contributed by atoms with E-state index in [1.807, 2.05) is 11.4 Å². The topological polar surface area (TPSA) is 54.4 Å². The fraction of sp³-hybridized carbons (Fsp3) is 0.0769. The maximum atomic E-state index is 12.0. The summed E-state index contributed by atoms with van der Waals surface area (Å²) in [4.78, 5) is 23.3. The van der Waals surface area contributed by atoms with Gasteiger partial charge in [0, 0.05) is 5.56 Å². The Hall–Kier alpha value is -1.94. The van der Waals surface area contributed by atoms with E-state index < -0.39 is 5.97 Å². The summed E-state index contributed by atoms with van der Waals surface area (Å²) >= 11 is 1.38. The van der Waals surface area contributed by atoms with Crippen LogP contribution >= 0.6 is 11.3 Å². The van der Waals surface area contributed by atoms with Crippen molar-refractivity contribution in [1.82, 2.24) is 0 Å². The molecular formula is C13H10O3S. The highest BCUT2D eigenvalue weighted by Crippen LogP contribution is 2.16. The minimum atomic E-state index is -0.897. The molecule has 2 rings (SSSR count). The highest BCUT2D eigenvalue weighted by molar-refractivity contribution is 7.12. The molecule has 4 heteroatoms. The van der Waals surface area contributed by atoms with Crippen molar-refractivity contribution < 1.29 is 14.7 Å². The fourth-order valence-electron chi connectivity index (χ4n) is 1.55. The molecule has 0 atom stereocenters. The van der Waals surface area contributed by atoms with Gasteiger partial charge in [-0.1, -0.05) is 24.3 Å². The molecule has 17 heavy (non-hydrogen) atoms. The van der Waals surface area contributed by atoms with Crippen LogP contribution in [0.4, 0.5) is 0 Å². The fourth-order valence-corrected chi connectivity index (χ4v) is 2.23. The molecule has 2 aromatic rings. The van der Waals surface area contributed by atoms with E-state index in [1.165, 1.54) is 11.3 Å². The number of carbonyl (C=O) groups excluding carboxylic acids is 1. The van der Waals surface area contributed by atoms with E-state index in [1.54, 1.807) is 30.3 Å². The molecule has 1 N–H and O–H groups in total. The van der Waals surface area contributed by atoms with Gasteiger partial charge in [0.25, 0.3) is 0 Å². The number of carboxylic acids is 1. The van der Waals surface area contributed by atoms with Crippen LogP contribution in [0, 0.1) is 0 Å². The Kier molecular flexibility index (Phi) is 3.35. The van der Waals surface area contributed by atoms with Crippen LogP contribution in [0.3, 0.4) is 0 Å². The first-order valence-corrected chi connectivity index (χ1v) is 5.94. The van der Waals surface area contributed by atoms with E-state index in [4.69, 9.17) is 5.11 Å². The third kappa shape index (κ3) is 2.79. The highest BCUT2D eigenvalue weighted by atomic mass is 32.1. The van der Waals surface area contributed by atoms with Gasteiger partial charge in [0.1, 0.15) is 0 Å². The molecule has 0 aliphatic heterocycles. The van der Waals surface area contributed by atoms with Gasteiger partial charge in [-0.15, -0.1) is 11.3 Å². The maximum Gasteiger partial charge on any atom is 0.307 e. The van der Waals surface area contributed by atoms with E-state index in [-0.39, 0.29) is 12.2 Å². The van der Waals surface area contributed by atoms with Crippen LogP contribution in [0.2, 0.25) is 0 Å². The summed E-state index contributed by atoms with van der Waals surface area (Å²) < 4.78 is 0. The Bertz CT molecular complexity index is 544. The van der Waals surface area contributed by atoms with Gasteiger partial charge in [-0.2, -0.15) is 0 Å². The molecule has 0 unspecified atom stereocenters. The van der Waals surface area contributed by atoms with Crippen molar-refractivity contribution in [2.45, 2.75) is 6.42 Å². The Morgan fingerprint density at radius 3 is 2.65 bits per heavy atom. The van der Waals surface area contributed by atoms with E-state index in [9.17, 15) is 9.59 Å². The second kappa shape index (κ2) is 4.93. The average Bonchev–Trinajstić information content (AvgIpc) is 2.81. The first-order chi connectivity index (χ1) is 8.16. The Morgan fingerprint density at radius 1 is 1.18 bits per heavy atom. The van der Waals surface area contributed by atoms with E-state index >= 15 is 0 Å². The van der Waals surface area contributed by atoms with E-state index in [0.29, 0.717) is 16.0 Å². The summed E-state index contributed by atoms with van der Waals surface area (Å²) in [5.41, 5.74) is 1.17. The SMILES string of the molecule is O=C(O)Cc1cccc(C(=O)c2cccs2)c1. The number of carboxylic acid groups (broad SMARTS) is 1. The number of thiophene rings is 1. The van der Waals surface area contributed by atoms with Crippen molar-refractivity contribution >= 4 is 23.1 Å². The molecular weight excluding hydrogens is 236 g/mol. The summed E-state index contributed by atoms with van der Waals surface area (Å²) in [6.07, 6.45) is -0.0639. The molecule has 0 bridgehead atoms. The standard InChI is InChI=1S/C13H10O3S/c14-12(15)8-9-3-1-4-10(7-9)13(16)11-5-2-6-17-11/h1-7H,8H2,(H,14,15). The van der Waals surface area contributed by atoms with Crippen molar-refractivity contribution in [2.75, 3.05) is 0 Å². The van der Waals surface area contributed by atoms with Gasteiger partial charge in [-0.25, -0.2) is 0 Å². The molecule has 0 spiro atoms. The molecule has 0 aliphatic rings. The minimum absolute atomic E-state index is 0.0627. The van der Waals surface area contributed by atoms with Crippen LogP contribution in [-0.2, 0) is 11.2 Å². The predicted molar refractivity (Wildman–Crippen MR) is 65.5 cm³/mol. The van der Waals surface area contributed by atoms with Crippen LogP contribution in [0.25, 0.3) is 0 Å². The molecule has 1 heterocycles. The van der Waals surface area contributed by atoms with Gasteiger partial charge >= 0.3 is 5.97 Å². The second-order valence-corrected chi connectivity index (χ2v) is 4.53. The second-order valence-electron chi connectivity index (χ2n) is 3.58. The van der Waals surface area contributed by atoms with E-state index in [2.05, 4.69) is 0 Å². The minimum Gasteiger partial charge on any atom is -0.481 e. The monoisotopic (exact) mass is 246 g/mol. The lowest BCUT2D eigenvalue weighted by molar-refractivity contribution is -0.136. The summed E-state index contributed by atoms with van der Waals surface area (Å²) in [7, 11) is 0.